The Morgan fingerprint density at radius 1 is 1.00 bits per heavy atom. The molecule has 0 aliphatic carbocycles. The smallest absolute Gasteiger partial charge is 0.331 e. The Kier molecular flexibility index (Phi) is 9.57. The predicted octanol–water partition coefficient (Wildman–Crippen LogP) is -2.85. The molecule has 0 bridgehead atoms. The van der Waals surface area contributed by atoms with Crippen molar-refractivity contribution in [3.63, 3.8) is 0 Å². The lowest BCUT2D eigenvalue weighted by atomic mass is 9.99. The van der Waals surface area contributed by atoms with Crippen LogP contribution in [0.2, 0.25) is 0 Å². The van der Waals surface area contributed by atoms with E-state index in [2.05, 4.69) is 0 Å². The maximum absolute atomic E-state index is 12.6. The monoisotopic (exact) mass is 530 g/mol. The van der Waals surface area contributed by atoms with Crippen LogP contribution in [0.3, 0.4) is 0 Å². The van der Waals surface area contributed by atoms with Crippen LogP contribution in [-0.2, 0) is 33.3 Å². The molecule has 2 heterocycles. The number of hydrogen-bond acceptors (Lipinski definition) is 14. The van der Waals surface area contributed by atoms with Gasteiger partial charge in [0.05, 0.1) is 6.61 Å². The minimum absolute atomic E-state index is 0.0165. The van der Waals surface area contributed by atoms with E-state index < -0.39 is 86.6 Å². The largest absolute Gasteiger partial charge is 0.508 e. The average Bonchev–Trinajstić information content (AvgIpc) is 3.13. The second-order valence-electron chi connectivity index (χ2n) is 8.52. The van der Waals surface area contributed by atoms with Crippen LogP contribution in [0.1, 0.15) is 12.5 Å². The van der Waals surface area contributed by atoms with E-state index in [-0.39, 0.29) is 5.75 Å². The zero-order chi connectivity index (χ0) is 27.3. The van der Waals surface area contributed by atoms with Gasteiger partial charge in [-0.15, -0.1) is 0 Å². The number of ether oxygens (including phenoxy) is 5. The summed E-state index contributed by atoms with van der Waals surface area (Å²) in [5.41, 5.74) is 0.525. The average molecular weight is 530 g/mol. The number of carbonyl (C=O) groups is 2. The Bertz CT molecular complexity index is 949. The molecule has 1 aromatic carbocycles. The van der Waals surface area contributed by atoms with Crippen molar-refractivity contribution in [2.24, 2.45) is 0 Å². The lowest BCUT2D eigenvalue weighted by molar-refractivity contribution is -0.383. The summed E-state index contributed by atoms with van der Waals surface area (Å²) >= 11 is 0. The van der Waals surface area contributed by atoms with E-state index in [1.54, 1.807) is 0 Å². The fraction of sp³-hybridized carbons (Fsp3) is 0.565. The number of phenolic OH excluding ortho intramolecular Hbond substituents is 1. The van der Waals surface area contributed by atoms with Crippen molar-refractivity contribution < 1.29 is 69.0 Å². The molecule has 7 N–H and O–H groups in total. The number of esters is 2. The Labute approximate surface area is 210 Å². The molecule has 0 radical (unpaired) electrons. The van der Waals surface area contributed by atoms with Crippen LogP contribution in [-0.4, -0.2) is 122 Å². The molecule has 37 heavy (non-hydrogen) atoms. The highest BCUT2D eigenvalue weighted by Crippen LogP contribution is 2.38. The third-order valence-corrected chi connectivity index (χ3v) is 5.86. The van der Waals surface area contributed by atoms with Crippen molar-refractivity contribution in [3.8, 4) is 5.75 Å². The quantitative estimate of drug-likeness (QED) is 0.126. The first-order chi connectivity index (χ1) is 17.5. The molecular formula is C23H30O14. The highest BCUT2D eigenvalue weighted by Gasteiger charge is 2.61. The first-order valence-corrected chi connectivity index (χ1v) is 11.3. The molecule has 206 valence electrons. The van der Waals surface area contributed by atoms with Gasteiger partial charge in [0.1, 0.15) is 55.6 Å². The zero-order valence-electron chi connectivity index (χ0n) is 19.7. The molecule has 2 fully saturated rings. The van der Waals surface area contributed by atoms with Crippen molar-refractivity contribution in [2.75, 3.05) is 19.8 Å². The molecule has 0 saturated carbocycles. The summed E-state index contributed by atoms with van der Waals surface area (Å²) < 4.78 is 26.7. The summed E-state index contributed by atoms with van der Waals surface area (Å²) in [7, 11) is 0. The minimum atomic E-state index is -2.39. The molecule has 2 aliphatic heterocycles. The van der Waals surface area contributed by atoms with E-state index >= 15 is 0 Å². The van der Waals surface area contributed by atoms with E-state index in [1.165, 1.54) is 30.3 Å². The first kappa shape index (κ1) is 28.9. The first-order valence-electron chi connectivity index (χ1n) is 11.3. The van der Waals surface area contributed by atoms with Crippen LogP contribution in [0.5, 0.6) is 5.75 Å². The van der Waals surface area contributed by atoms with Gasteiger partial charge in [0.15, 0.2) is 12.4 Å². The van der Waals surface area contributed by atoms with Gasteiger partial charge in [-0.3, -0.25) is 4.79 Å². The SMILES string of the molecule is CC(=O)OC[C@H]1O[C@@](CO)(O[C@H]2O[C@H](CO)[C@@H](O)[C@H](O)[C@H]2O)[C@@H](OC(=O)/C=C/c2ccc(O)cc2)[C@@H]1O. The van der Waals surface area contributed by atoms with Crippen molar-refractivity contribution in [1.29, 1.82) is 0 Å². The number of phenols is 1. The number of benzene rings is 1. The molecule has 0 aromatic heterocycles. The van der Waals surface area contributed by atoms with E-state index in [4.69, 9.17) is 23.7 Å². The van der Waals surface area contributed by atoms with Gasteiger partial charge >= 0.3 is 11.9 Å². The van der Waals surface area contributed by atoms with E-state index in [1.807, 2.05) is 0 Å². The van der Waals surface area contributed by atoms with Crippen molar-refractivity contribution >= 4 is 18.0 Å². The Balaban J connectivity index is 1.84. The summed E-state index contributed by atoms with van der Waals surface area (Å²) in [6.07, 6.45) is -11.1. The van der Waals surface area contributed by atoms with Crippen molar-refractivity contribution in [2.45, 2.75) is 61.7 Å². The van der Waals surface area contributed by atoms with Crippen LogP contribution < -0.4 is 0 Å². The van der Waals surface area contributed by atoms with Gasteiger partial charge in [0.2, 0.25) is 5.79 Å². The normalized spacial score (nSPS) is 36.0. The number of aliphatic hydroxyl groups is 6. The maximum Gasteiger partial charge on any atom is 0.331 e. The molecular weight excluding hydrogens is 500 g/mol. The molecule has 0 spiro atoms. The molecule has 2 aliphatic rings. The molecule has 9 atom stereocenters. The summed E-state index contributed by atoms with van der Waals surface area (Å²) in [5, 5.41) is 70.2. The van der Waals surface area contributed by atoms with Gasteiger partial charge < -0.3 is 59.4 Å². The molecule has 1 aromatic rings. The maximum atomic E-state index is 12.6. The second-order valence-corrected chi connectivity index (χ2v) is 8.52. The molecule has 0 unspecified atom stereocenters. The Morgan fingerprint density at radius 3 is 2.27 bits per heavy atom. The third kappa shape index (κ3) is 6.62. The zero-order valence-corrected chi connectivity index (χ0v) is 19.7. The lowest BCUT2D eigenvalue weighted by Gasteiger charge is -2.43. The van der Waals surface area contributed by atoms with Crippen LogP contribution in [0.4, 0.5) is 0 Å². The van der Waals surface area contributed by atoms with Gasteiger partial charge in [0.25, 0.3) is 0 Å². The molecule has 3 rings (SSSR count). The van der Waals surface area contributed by atoms with Crippen molar-refractivity contribution in [1.82, 2.24) is 0 Å². The minimum Gasteiger partial charge on any atom is -0.508 e. The third-order valence-electron chi connectivity index (χ3n) is 5.86. The Hall–Kier alpha value is -2.66. The van der Waals surface area contributed by atoms with Crippen LogP contribution >= 0.6 is 0 Å². The lowest BCUT2D eigenvalue weighted by Crippen LogP contribution is -2.63. The highest BCUT2D eigenvalue weighted by atomic mass is 16.8. The van der Waals surface area contributed by atoms with Crippen LogP contribution in [0, 0.1) is 0 Å². The molecule has 14 heteroatoms. The molecule has 14 nitrogen and oxygen atoms in total. The Morgan fingerprint density at radius 2 is 1.68 bits per heavy atom. The van der Waals surface area contributed by atoms with Gasteiger partial charge in [-0.05, 0) is 23.8 Å². The standard InChI is InChI=1S/C23H30O14/c1-11(26)33-9-15-18(30)21(35-16(28)7-4-12-2-5-13(27)6-3-12)23(10-25,36-15)37-22-20(32)19(31)17(29)14(8-24)34-22/h2-7,14-15,17-22,24-25,27,29-32H,8-10H2,1H3/b7-4+/t14-,15-,17-,18-,19+,20-,21+,22-,23+/m1/s1. The van der Waals surface area contributed by atoms with Crippen LogP contribution in [0.15, 0.2) is 30.3 Å². The summed E-state index contributed by atoms with van der Waals surface area (Å²) in [6, 6.07) is 5.82. The van der Waals surface area contributed by atoms with Gasteiger partial charge in [-0.1, -0.05) is 12.1 Å². The number of carbonyl (C=O) groups excluding carboxylic acids is 2. The molecule has 2 saturated heterocycles. The fourth-order valence-corrected chi connectivity index (χ4v) is 3.87. The van der Waals surface area contributed by atoms with Gasteiger partial charge in [0, 0.05) is 13.0 Å². The molecule has 0 amide bonds. The fourth-order valence-electron chi connectivity index (χ4n) is 3.87. The number of aliphatic hydroxyl groups excluding tert-OH is 6. The number of rotatable bonds is 9. The summed E-state index contributed by atoms with van der Waals surface area (Å²) in [4.78, 5) is 23.8. The topological polar surface area (TPSA) is 222 Å². The van der Waals surface area contributed by atoms with Crippen LogP contribution in [0.25, 0.3) is 6.08 Å². The number of aromatic hydroxyl groups is 1. The van der Waals surface area contributed by atoms with Gasteiger partial charge in [-0.2, -0.15) is 0 Å². The van der Waals surface area contributed by atoms with Gasteiger partial charge in [-0.25, -0.2) is 4.79 Å². The summed E-state index contributed by atoms with van der Waals surface area (Å²) in [5.74, 6) is -4.09. The predicted molar refractivity (Wildman–Crippen MR) is 119 cm³/mol. The number of hydrogen-bond donors (Lipinski definition) is 7. The second kappa shape index (κ2) is 12.3. The summed E-state index contributed by atoms with van der Waals surface area (Å²) in [6.45, 7) is -1.25. The van der Waals surface area contributed by atoms with Crippen molar-refractivity contribution in [3.05, 3.63) is 35.9 Å². The highest BCUT2D eigenvalue weighted by molar-refractivity contribution is 5.87. The van der Waals surface area contributed by atoms with E-state index in [0.29, 0.717) is 5.56 Å². The van der Waals surface area contributed by atoms with E-state index in [9.17, 15) is 45.3 Å². The van der Waals surface area contributed by atoms with E-state index in [0.717, 1.165) is 13.0 Å².